The van der Waals surface area contributed by atoms with Crippen molar-refractivity contribution in [2.45, 2.75) is 18.8 Å². The zero-order valence-corrected chi connectivity index (χ0v) is 11.5. The SMILES string of the molecule is c1cc(OCC2CO2)ccc1COCCOCC1CO1. The minimum absolute atomic E-state index is 0.291. The van der Waals surface area contributed by atoms with Crippen LogP contribution in [0.15, 0.2) is 24.3 Å². The summed E-state index contributed by atoms with van der Waals surface area (Å²) in [5, 5.41) is 0. The largest absolute Gasteiger partial charge is 0.491 e. The van der Waals surface area contributed by atoms with Crippen molar-refractivity contribution in [3.63, 3.8) is 0 Å². The van der Waals surface area contributed by atoms with Gasteiger partial charge in [-0.3, -0.25) is 0 Å². The maximum absolute atomic E-state index is 5.57. The van der Waals surface area contributed by atoms with Gasteiger partial charge in [0.25, 0.3) is 0 Å². The topological polar surface area (TPSA) is 52.8 Å². The molecule has 0 amide bonds. The van der Waals surface area contributed by atoms with Crippen molar-refractivity contribution in [2.24, 2.45) is 0 Å². The van der Waals surface area contributed by atoms with Gasteiger partial charge in [0.05, 0.1) is 39.6 Å². The normalized spacial score (nSPS) is 23.6. The van der Waals surface area contributed by atoms with E-state index in [1.54, 1.807) is 0 Å². The molecule has 2 heterocycles. The van der Waals surface area contributed by atoms with Crippen LogP contribution in [0.2, 0.25) is 0 Å². The van der Waals surface area contributed by atoms with E-state index in [2.05, 4.69) is 0 Å². The zero-order valence-electron chi connectivity index (χ0n) is 11.5. The standard InChI is InChI=1S/C15H20O5/c1-3-13(18-10-15-11-20-15)4-2-12(1)7-16-5-6-17-8-14-9-19-14/h1-4,14-15H,5-11H2. The Balaban J connectivity index is 1.26. The van der Waals surface area contributed by atoms with Crippen LogP contribution in [0, 0.1) is 0 Å². The van der Waals surface area contributed by atoms with E-state index in [1.165, 1.54) is 0 Å². The van der Waals surface area contributed by atoms with Crippen LogP contribution in [-0.4, -0.2) is 51.8 Å². The highest BCUT2D eigenvalue weighted by molar-refractivity contribution is 5.26. The van der Waals surface area contributed by atoms with Crippen molar-refractivity contribution in [3.05, 3.63) is 29.8 Å². The van der Waals surface area contributed by atoms with Gasteiger partial charge in [-0.05, 0) is 17.7 Å². The number of hydrogen-bond acceptors (Lipinski definition) is 5. The Bertz CT molecular complexity index is 397. The third kappa shape index (κ3) is 5.09. The lowest BCUT2D eigenvalue weighted by Crippen LogP contribution is -2.08. The van der Waals surface area contributed by atoms with Gasteiger partial charge in [0, 0.05) is 0 Å². The maximum Gasteiger partial charge on any atom is 0.119 e. The second kappa shape index (κ2) is 7.04. The van der Waals surface area contributed by atoms with Gasteiger partial charge in [-0.25, -0.2) is 0 Å². The quantitative estimate of drug-likeness (QED) is 0.479. The lowest BCUT2D eigenvalue weighted by molar-refractivity contribution is 0.0352. The summed E-state index contributed by atoms with van der Waals surface area (Å²) in [4.78, 5) is 0. The third-order valence-electron chi connectivity index (χ3n) is 3.11. The smallest absolute Gasteiger partial charge is 0.119 e. The third-order valence-corrected chi connectivity index (χ3v) is 3.11. The molecule has 2 saturated heterocycles. The predicted octanol–water partition coefficient (Wildman–Crippen LogP) is 1.40. The van der Waals surface area contributed by atoms with E-state index in [0.717, 1.165) is 24.5 Å². The van der Waals surface area contributed by atoms with E-state index in [4.69, 9.17) is 23.7 Å². The molecule has 2 atom stereocenters. The first kappa shape index (κ1) is 13.8. The lowest BCUT2D eigenvalue weighted by atomic mass is 10.2. The summed E-state index contributed by atoms with van der Waals surface area (Å²) in [6, 6.07) is 7.95. The Morgan fingerprint density at radius 1 is 0.900 bits per heavy atom. The molecule has 0 spiro atoms. The Morgan fingerprint density at radius 2 is 1.55 bits per heavy atom. The zero-order chi connectivity index (χ0) is 13.6. The summed E-state index contributed by atoms with van der Waals surface area (Å²) in [5.41, 5.74) is 1.13. The summed E-state index contributed by atoms with van der Waals surface area (Å²) in [6.07, 6.45) is 0.614. The van der Waals surface area contributed by atoms with E-state index in [1.807, 2.05) is 24.3 Å². The van der Waals surface area contributed by atoms with E-state index in [0.29, 0.717) is 45.2 Å². The van der Waals surface area contributed by atoms with Crippen LogP contribution >= 0.6 is 0 Å². The van der Waals surface area contributed by atoms with E-state index in [-0.39, 0.29) is 0 Å². The average molecular weight is 280 g/mol. The average Bonchev–Trinajstić information content (AvgIpc) is 3.36. The van der Waals surface area contributed by atoms with Crippen LogP contribution in [0.4, 0.5) is 0 Å². The molecule has 110 valence electrons. The van der Waals surface area contributed by atoms with Crippen molar-refractivity contribution in [1.82, 2.24) is 0 Å². The molecule has 0 bridgehead atoms. The van der Waals surface area contributed by atoms with Crippen LogP contribution in [-0.2, 0) is 25.6 Å². The van der Waals surface area contributed by atoms with Gasteiger partial charge in [0.1, 0.15) is 24.6 Å². The highest BCUT2D eigenvalue weighted by atomic mass is 16.6. The molecule has 3 rings (SSSR count). The molecule has 0 aromatic heterocycles. The summed E-state index contributed by atoms with van der Waals surface area (Å²) < 4.78 is 26.7. The molecule has 20 heavy (non-hydrogen) atoms. The van der Waals surface area contributed by atoms with Crippen molar-refractivity contribution < 1.29 is 23.7 Å². The van der Waals surface area contributed by atoms with Crippen molar-refractivity contribution in [1.29, 1.82) is 0 Å². The number of epoxide rings is 2. The number of rotatable bonds is 10. The monoisotopic (exact) mass is 280 g/mol. The van der Waals surface area contributed by atoms with E-state index >= 15 is 0 Å². The lowest BCUT2D eigenvalue weighted by Gasteiger charge is -2.07. The first-order valence-electron chi connectivity index (χ1n) is 7.00. The van der Waals surface area contributed by atoms with Crippen LogP contribution in [0.5, 0.6) is 5.75 Å². The Morgan fingerprint density at radius 3 is 2.25 bits per heavy atom. The van der Waals surface area contributed by atoms with Crippen molar-refractivity contribution >= 4 is 0 Å². The van der Waals surface area contributed by atoms with E-state index < -0.39 is 0 Å². The maximum atomic E-state index is 5.57. The highest BCUT2D eigenvalue weighted by Crippen LogP contribution is 2.16. The first-order chi connectivity index (χ1) is 9.90. The molecule has 0 radical (unpaired) electrons. The predicted molar refractivity (Wildman–Crippen MR) is 71.9 cm³/mol. The number of benzene rings is 1. The molecule has 2 aliphatic heterocycles. The molecular formula is C15H20O5. The Kier molecular flexibility index (Phi) is 4.86. The molecule has 0 saturated carbocycles. The van der Waals surface area contributed by atoms with Gasteiger partial charge >= 0.3 is 0 Å². The van der Waals surface area contributed by atoms with Gasteiger partial charge in [0.2, 0.25) is 0 Å². The minimum Gasteiger partial charge on any atom is -0.491 e. The fourth-order valence-corrected chi connectivity index (χ4v) is 1.72. The molecule has 0 aliphatic carbocycles. The molecule has 5 nitrogen and oxygen atoms in total. The van der Waals surface area contributed by atoms with Gasteiger partial charge in [-0.1, -0.05) is 12.1 Å². The van der Waals surface area contributed by atoms with E-state index in [9.17, 15) is 0 Å². The fourth-order valence-electron chi connectivity index (χ4n) is 1.72. The van der Waals surface area contributed by atoms with Crippen LogP contribution < -0.4 is 4.74 Å². The molecule has 2 aliphatic rings. The minimum atomic E-state index is 0.291. The molecule has 2 fully saturated rings. The Labute approximate surface area is 118 Å². The molecule has 1 aromatic carbocycles. The molecule has 5 heteroatoms. The molecule has 2 unspecified atom stereocenters. The highest BCUT2D eigenvalue weighted by Gasteiger charge is 2.23. The Hall–Kier alpha value is -1.14. The second-order valence-electron chi connectivity index (χ2n) is 4.99. The first-order valence-corrected chi connectivity index (χ1v) is 7.00. The molecular weight excluding hydrogens is 260 g/mol. The van der Waals surface area contributed by atoms with Gasteiger partial charge in [-0.2, -0.15) is 0 Å². The number of ether oxygens (including phenoxy) is 5. The van der Waals surface area contributed by atoms with Crippen molar-refractivity contribution in [2.75, 3.05) is 39.6 Å². The van der Waals surface area contributed by atoms with Gasteiger partial charge < -0.3 is 23.7 Å². The summed E-state index contributed by atoms with van der Waals surface area (Å²) >= 11 is 0. The summed E-state index contributed by atoms with van der Waals surface area (Å²) in [5.74, 6) is 0.872. The second-order valence-corrected chi connectivity index (χ2v) is 4.99. The molecule has 0 N–H and O–H groups in total. The summed E-state index contributed by atoms with van der Waals surface area (Å²) in [6.45, 7) is 4.78. The molecule has 1 aromatic rings. The van der Waals surface area contributed by atoms with Crippen LogP contribution in [0.3, 0.4) is 0 Å². The van der Waals surface area contributed by atoms with Crippen LogP contribution in [0.25, 0.3) is 0 Å². The number of hydrogen-bond donors (Lipinski definition) is 0. The van der Waals surface area contributed by atoms with Gasteiger partial charge in [-0.15, -0.1) is 0 Å². The van der Waals surface area contributed by atoms with Gasteiger partial charge in [0.15, 0.2) is 0 Å². The summed E-state index contributed by atoms with van der Waals surface area (Å²) in [7, 11) is 0. The fraction of sp³-hybridized carbons (Fsp3) is 0.600. The van der Waals surface area contributed by atoms with Crippen LogP contribution in [0.1, 0.15) is 5.56 Å². The van der Waals surface area contributed by atoms with Crippen molar-refractivity contribution in [3.8, 4) is 5.75 Å².